The van der Waals surface area contributed by atoms with Gasteiger partial charge in [0.2, 0.25) is 0 Å². The van der Waals surface area contributed by atoms with Crippen LogP contribution in [0.3, 0.4) is 0 Å². The molecule has 9 atom stereocenters. The third-order valence-electron chi connectivity index (χ3n) is 7.97. The van der Waals surface area contributed by atoms with Crippen LogP contribution in [0.25, 0.3) is 0 Å². The van der Waals surface area contributed by atoms with E-state index in [2.05, 4.69) is 0 Å². The molecule has 1 saturated carbocycles. The Labute approximate surface area is 209 Å². The van der Waals surface area contributed by atoms with Crippen LogP contribution in [0.2, 0.25) is 0 Å². The molecule has 11 nitrogen and oxygen atoms in total. The fourth-order valence-corrected chi connectivity index (χ4v) is 6.27. The molecule has 0 aromatic heterocycles. The number of carbonyl (C=O) groups excluding carboxylic acids is 4. The van der Waals surface area contributed by atoms with E-state index >= 15 is 0 Å². The molecule has 202 valence electrons. The molecule has 2 fully saturated rings. The molecule has 11 heteroatoms. The van der Waals surface area contributed by atoms with Gasteiger partial charge in [-0.3, -0.25) is 19.2 Å². The minimum absolute atomic E-state index is 0.0122. The molecule has 2 unspecified atom stereocenters. The van der Waals surface area contributed by atoms with Gasteiger partial charge in [-0.25, -0.2) is 0 Å². The van der Waals surface area contributed by atoms with Crippen molar-refractivity contribution >= 4 is 23.9 Å². The lowest BCUT2D eigenvalue weighted by Gasteiger charge is -2.57. The van der Waals surface area contributed by atoms with Crippen molar-refractivity contribution in [3.8, 4) is 0 Å². The van der Waals surface area contributed by atoms with E-state index in [9.17, 15) is 34.5 Å². The third kappa shape index (κ3) is 5.14. The van der Waals surface area contributed by atoms with Gasteiger partial charge in [-0.1, -0.05) is 13.8 Å². The number of rotatable bonds is 4. The number of carbonyl (C=O) groups is 4. The Hall–Kier alpha value is -2.50. The largest absolute Gasteiger partial charge is 0.462 e. The van der Waals surface area contributed by atoms with Gasteiger partial charge in [0.15, 0.2) is 11.7 Å². The summed E-state index contributed by atoms with van der Waals surface area (Å²) >= 11 is 0. The molecule has 1 saturated heterocycles. The Morgan fingerprint density at radius 1 is 1.11 bits per heavy atom. The Kier molecular flexibility index (Phi) is 8.17. The highest BCUT2D eigenvalue weighted by molar-refractivity contribution is 5.75. The molecule has 0 aromatic carbocycles. The Morgan fingerprint density at radius 2 is 1.72 bits per heavy atom. The minimum atomic E-state index is -2.07. The van der Waals surface area contributed by atoms with Crippen molar-refractivity contribution in [3.05, 3.63) is 11.6 Å². The first-order valence-corrected chi connectivity index (χ1v) is 12.2. The van der Waals surface area contributed by atoms with E-state index in [1.165, 1.54) is 19.9 Å². The van der Waals surface area contributed by atoms with Gasteiger partial charge in [0.1, 0.15) is 18.3 Å². The summed E-state index contributed by atoms with van der Waals surface area (Å²) in [6.45, 7) is 6.62. The predicted octanol–water partition coefficient (Wildman–Crippen LogP) is 0.564. The second-order valence-corrected chi connectivity index (χ2v) is 10.4. The van der Waals surface area contributed by atoms with E-state index in [-0.39, 0.29) is 19.3 Å². The zero-order chi connectivity index (χ0) is 27.0. The zero-order valence-electron chi connectivity index (χ0n) is 21.3. The van der Waals surface area contributed by atoms with Gasteiger partial charge in [-0.05, 0) is 24.5 Å². The van der Waals surface area contributed by atoms with E-state index in [4.69, 9.17) is 18.9 Å². The molecule has 3 rings (SSSR count). The maximum absolute atomic E-state index is 12.4. The van der Waals surface area contributed by atoms with Crippen molar-refractivity contribution in [2.75, 3.05) is 6.61 Å². The van der Waals surface area contributed by atoms with Gasteiger partial charge in [0.05, 0.1) is 19.1 Å². The predicted molar refractivity (Wildman–Crippen MR) is 122 cm³/mol. The van der Waals surface area contributed by atoms with Gasteiger partial charge < -0.3 is 34.3 Å². The van der Waals surface area contributed by atoms with Gasteiger partial charge in [0, 0.05) is 44.4 Å². The molecule has 3 aliphatic rings. The number of aliphatic hydroxyl groups excluding tert-OH is 2. The van der Waals surface area contributed by atoms with Gasteiger partial charge in [0.25, 0.3) is 0 Å². The van der Waals surface area contributed by atoms with Crippen molar-refractivity contribution in [2.45, 2.75) is 96.4 Å². The quantitative estimate of drug-likeness (QED) is 0.274. The summed E-state index contributed by atoms with van der Waals surface area (Å²) in [5.41, 5.74) is -2.96. The van der Waals surface area contributed by atoms with Crippen LogP contribution < -0.4 is 0 Å². The van der Waals surface area contributed by atoms with Crippen molar-refractivity contribution in [1.82, 2.24) is 0 Å². The highest BCUT2D eigenvalue weighted by atomic mass is 16.6. The zero-order valence-corrected chi connectivity index (χ0v) is 21.3. The molecule has 1 heterocycles. The summed E-state index contributed by atoms with van der Waals surface area (Å²) < 4.78 is 22.3. The molecule has 0 bridgehead atoms. The Balaban J connectivity index is 2.29. The van der Waals surface area contributed by atoms with Crippen LogP contribution in [-0.2, 0) is 38.1 Å². The average Bonchev–Trinajstić information content (AvgIpc) is 3.05. The number of hydrogen-bond acceptors (Lipinski definition) is 11. The highest BCUT2D eigenvalue weighted by Gasteiger charge is 2.66. The summed E-state index contributed by atoms with van der Waals surface area (Å²) in [5.74, 6) is -4.21. The summed E-state index contributed by atoms with van der Waals surface area (Å²) in [7, 11) is 0. The van der Waals surface area contributed by atoms with Crippen molar-refractivity contribution in [2.24, 2.45) is 17.3 Å². The molecule has 0 radical (unpaired) electrons. The van der Waals surface area contributed by atoms with Crippen LogP contribution in [0, 0.1) is 17.3 Å². The van der Waals surface area contributed by atoms with E-state index in [0.717, 1.165) is 6.92 Å². The van der Waals surface area contributed by atoms with Crippen LogP contribution in [0.5, 0.6) is 0 Å². The standard InChI is InChI=1S/C25H36O11/c1-12-17(33-13(2)27)9-18(30)24(5)19(34-14(3)28)7-6-16(11-26)8-20-25(32,10-21(31)36-20)23(22(12)24)35-15(4)29/h8,12,17-20,22-23,26,30,32H,6-7,9-11H2,1-5H3/b16-8+/t12-,17+,18-,19-,20-,22?,23?,24+,25-/m0/s1. The molecule has 0 aromatic rings. The van der Waals surface area contributed by atoms with Crippen molar-refractivity contribution < 1.29 is 53.4 Å². The SMILES string of the molecule is CC(=O)OC1C2[C@@H](C)[C@H](OC(C)=O)C[C@H](O)[C@]2(C)[C@@H](OC(C)=O)CC/C(CO)=C\[C@@H]2OC(=O)C[C@@]12O. The lowest BCUT2D eigenvalue weighted by Crippen LogP contribution is -2.67. The topological polar surface area (TPSA) is 166 Å². The van der Waals surface area contributed by atoms with Crippen LogP contribution in [0.1, 0.15) is 60.3 Å². The lowest BCUT2D eigenvalue weighted by molar-refractivity contribution is -0.244. The first-order valence-electron chi connectivity index (χ1n) is 12.2. The summed E-state index contributed by atoms with van der Waals surface area (Å²) in [5, 5.41) is 33.4. The van der Waals surface area contributed by atoms with E-state index in [1.54, 1.807) is 13.8 Å². The van der Waals surface area contributed by atoms with E-state index in [0.29, 0.717) is 5.57 Å². The molecular formula is C25H36O11. The summed E-state index contributed by atoms with van der Waals surface area (Å²) in [6.07, 6.45) is -4.29. The van der Waals surface area contributed by atoms with E-state index < -0.39 is 90.3 Å². The van der Waals surface area contributed by atoms with Gasteiger partial charge in [-0.2, -0.15) is 0 Å². The number of hydrogen-bond donors (Lipinski definition) is 3. The fourth-order valence-electron chi connectivity index (χ4n) is 6.27. The maximum Gasteiger partial charge on any atom is 0.309 e. The van der Waals surface area contributed by atoms with Gasteiger partial charge in [-0.15, -0.1) is 0 Å². The molecular weight excluding hydrogens is 476 g/mol. The van der Waals surface area contributed by atoms with Crippen LogP contribution in [0.4, 0.5) is 0 Å². The average molecular weight is 513 g/mol. The van der Waals surface area contributed by atoms with E-state index in [1.807, 2.05) is 0 Å². The summed E-state index contributed by atoms with van der Waals surface area (Å²) in [4.78, 5) is 48.8. The molecule has 0 spiro atoms. The fraction of sp³-hybridized carbons (Fsp3) is 0.760. The first kappa shape index (κ1) is 28.1. The first-order chi connectivity index (χ1) is 16.7. The van der Waals surface area contributed by atoms with Crippen LogP contribution in [-0.4, -0.2) is 81.9 Å². The number of ether oxygens (including phenoxy) is 4. The molecule has 3 N–H and O–H groups in total. The Bertz CT molecular complexity index is 929. The van der Waals surface area contributed by atoms with Gasteiger partial charge >= 0.3 is 23.9 Å². The minimum Gasteiger partial charge on any atom is -0.462 e. The van der Waals surface area contributed by atoms with Crippen LogP contribution >= 0.6 is 0 Å². The Morgan fingerprint density at radius 3 is 2.28 bits per heavy atom. The number of fused-ring (bicyclic) bond motifs is 2. The number of esters is 4. The van der Waals surface area contributed by atoms with Crippen molar-refractivity contribution in [1.29, 1.82) is 0 Å². The second kappa shape index (κ2) is 10.5. The third-order valence-corrected chi connectivity index (χ3v) is 7.97. The molecule has 0 amide bonds. The normalized spacial score (nSPS) is 42.1. The molecule has 2 aliphatic carbocycles. The lowest BCUT2D eigenvalue weighted by atomic mass is 9.53. The molecule has 1 aliphatic heterocycles. The second-order valence-electron chi connectivity index (χ2n) is 10.4. The highest BCUT2D eigenvalue weighted by Crippen LogP contribution is 2.55. The maximum atomic E-state index is 12.4. The summed E-state index contributed by atoms with van der Waals surface area (Å²) in [6, 6.07) is 0. The smallest absolute Gasteiger partial charge is 0.309 e. The van der Waals surface area contributed by atoms with Crippen molar-refractivity contribution in [3.63, 3.8) is 0 Å². The monoisotopic (exact) mass is 512 g/mol. The number of aliphatic hydroxyl groups is 3. The van der Waals surface area contributed by atoms with Crippen LogP contribution in [0.15, 0.2) is 11.6 Å². The molecule has 36 heavy (non-hydrogen) atoms.